The van der Waals surface area contributed by atoms with E-state index in [1.165, 1.54) is 111 Å². The zero-order valence-corrected chi connectivity index (χ0v) is 82.3. The second-order valence-electron chi connectivity index (χ2n) is 39.6. The fraction of sp³-hybridized carbons (Fsp3) is 0.600. The molecule has 0 heterocycles. The maximum absolute atomic E-state index is 13.4. The molecule has 0 saturated carbocycles. The van der Waals surface area contributed by atoms with Crippen molar-refractivity contribution in [2.45, 2.75) is 443 Å². The lowest BCUT2D eigenvalue weighted by molar-refractivity contribution is 0.192. The highest BCUT2D eigenvalue weighted by Gasteiger charge is 2.75. The first-order valence-corrected chi connectivity index (χ1v) is 52.4. The summed E-state index contributed by atoms with van der Waals surface area (Å²) in [5.41, 5.74) is 21.5. The van der Waals surface area contributed by atoms with Gasteiger partial charge in [0.05, 0.1) is 48.6 Å². The number of hydrogen-bond acceptors (Lipinski definition) is 8. The number of fused-ring (bicyclic) bond motifs is 6. The molecule has 4 atom stereocenters. The van der Waals surface area contributed by atoms with Crippen LogP contribution in [0.1, 0.15) is 473 Å². The van der Waals surface area contributed by atoms with Crippen molar-refractivity contribution in [3.05, 3.63) is 170 Å². The first kappa shape index (κ1) is 97.8. The topological polar surface area (TPSA) is 190 Å². The van der Waals surface area contributed by atoms with Gasteiger partial charge in [-0.3, -0.25) is 0 Å². The van der Waals surface area contributed by atoms with Gasteiger partial charge >= 0.3 is 0 Å². The van der Waals surface area contributed by atoms with Crippen LogP contribution in [0.4, 0.5) is 0 Å². The van der Waals surface area contributed by atoms with E-state index >= 15 is 0 Å². The van der Waals surface area contributed by atoms with Crippen molar-refractivity contribution in [1.82, 2.24) is 0 Å². The highest BCUT2D eigenvalue weighted by Crippen LogP contribution is 2.76. The van der Waals surface area contributed by atoms with Crippen LogP contribution < -0.4 is 0 Å². The van der Waals surface area contributed by atoms with Gasteiger partial charge in [-0.2, -0.15) is 42.1 Å². The van der Waals surface area contributed by atoms with Gasteiger partial charge in [-0.15, -0.1) is 0 Å². The van der Waals surface area contributed by atoms with Crippen LogP contribution in [0.15, 0.2) is 36.4 Å². The molecule has 0 N–H and O–H groups in total. The quantitative estimate of drug-likeness (QED) is 0.0336. The van der Waals surface area contributed by atoms with E-state index < -0.39 is 45.3 Å². The third kappa shape index (κ3) is 16.4. The summed E-state index contributed by atoms with van der Waals surface area (Å²) in [7, 11) is 0. The van der Waals surface area contributed by atoms with Crippen LogP contribution in [0, 0.1) is 112 Å². The molecule has 6 aliphatic carbocycles. The van der Waals surface area contributed by atoms with Gasteiger partial charge in [-0.25, -0.2) is 0 Å². The van der Waals surface area contributed by atoms with Gasteiger partial charge in [0.25, 0.3) is 0 Å². The van der Waals surface area contributed by atoms with Crippen molar-refractivity contribution in [3.8, 4) is 59.7 Å². The molecule has 0 radical (unpaired) electrons. The molecule has 674 valence electrons. The maximum Gasteiger partial charge on any atom is 0.187 e. The summed E-state index contributed by atoms with van der Waals surface area (Å²) in [6, 6.07) is 37.5. The number of nitrogens with zero attached hydrogens (tertiary/aromatic N) is 8. The Labute approximate surface area is 774 Å². The number of unbranched alkanes of at least 4 members (excludes halogenated alkanes) is 16. The Morgan fingerprint density at radius 1 is 0.180 bits per heavy atom. The minimum atomic E-state index is -2.31. The molecule has 0 saturated heterocycles. The number of benzene rings is 8. The third-order valence-corrected chi connectivity index (χ3v) is 31.7. The minimum absolute atomic E-state index is 0.689. The smallest absolute Gasteiger partial charge is 0.187 e. The van der Waals surface area contributed by atoms with E-state index in [-0.39, 0.29) is 0 Å². The Morgan fingerprint density at radius 3 is 0.523 bits per heavy atom. The van der Waals surface area contributed by atoms with E-state index in [0.29, 0.717) is 25.7 Å². The van der Waals surface area contributed by atoms with E-state index in [0.717, 1.165) is 360 Å². The van der Waals surface area contributed by atoms with E-state index in [2.05, 4.69) is 196 Å². The molecule has 0 spiro atoms. The molecule has 8 heteroatoms. The van der Waals surface area contributed by atoms with E-state index in [1.54, 1.807) is 0 Å². The Morgan fingerprint density at radius 2 is 0.336 bits per heavy atom. The number of nitriles is 8. The molecule has 14 rings (SSSR count). The van der Waals surface area contributed by atoms with Gasteiger partial charge in [-0.1, -0.05) is 226 Å². The molecular weight excluding hydrogens is 1550 g/mol. The molecule has 8 aromatic carbocycles. The summed E-state index contributed by atoms with van der Waals surface area (Å²) in [5, 5.41) is 115. The second-order valence-corrected chi connectivity index (χ2v) is 39.6. The zero-order valence-electron chi connectivity index (χ0n) is 82.3. The van der Waals surface area contributed by atoms with Crippen LogP contribution in [0.25, 0.3) is 54.2 Å². The fourth-order valence-electron chi connectivity index (χ4n) is 25.3. The first-order valence-electron chi connectivity index (χ1n) is 52.4. The average molecular weight is 1710 g/mol. The highest BCUT2D eigenvalue weighted by molar-refractivity contribution is 6.17. The maximum atomic E-state index is 13.4. The van der Waals surface area contributed by atoms with Crippen LogP contribution in [-0.4, -0.2) is 0 Å². The third-order valence-electron chi connectivity index (χ3n) is 31.7. The predicted molar refractivity (Wildman–Crippen MR) is 535 cm³/mol. The van der Waals surface area contributed by atoms with Gasteiger partial charge in [0, 0.05) is 23.7 Å². The summed E-state index contributed by atoms with van der Waals surface area (Å²) in [5.74, 6) is -4.53. The van der Waals surface area contributed by atoms with Crippen molar-refractivity contribution >= 4 is 43.1 Å². The van der Waals surface area contributed by atoms with Crippen molar-refractivity contribution in [2.75, 3.05) is 0 Å². The van der Waals surface area contributed by atoms with Crippen LogP contribution in [-0.2, 0) is 103 Å². The second kappa shape index (κ2) is 44.1. The predicted octanol–water partition coefficient (Wildman–Crippen LogP) is 32.8. The first-order chi connectivity index (χ1) is 62.6. The van der Waals surface area contributed by atoms with E-state index in [9.17, 15) is 42.1 Å². The Hall–Kier alpha value is -9.28. The van der Waals surface area contributed by atoms with Crippen molar-refractivity contribution in [3.63, 3.8) is 0 Å². The van der Waals surface area contributed by atoms with Crippen molar-refractivity contribution in [1.29, 1.82) is 42.1 Å². The van der Waals surface area contributed by atoms with Gasteiger partial charge in [0.1, 0.15) is 0 Å². The Kier molecular flexibility index (Phi) is 33.7. The average Bonchev–Trinajstić information content (AvgIpc) is 0.643. The highest BCUT2D eigenvalue weighted by atomic mass is 14.7. The van der Waals surface area contributed by atoms with Crippen LogP contribution in [0.3, 0.4) is 0 Å². The minimum Gasteiger partial charge on any atom is -0.196 e. The summed E-state index contributed by atoms with van der Waals surface area (Å²) in [4.78, 5) is 0. The molecule has 8 aromatic rings. The summed E-state index contributed by atoms with van der Waals surface area (Å²) in [6.45, 7) is 36.8. The lowest BCUT2D eigenvalue weighted by atomic mass is 9.39. The number of rotatable bonds is 49. The van der Waals surface area contributed by atoms with Gasteiger partial charge in [0.2, 0.25) is 0 Å². The lowest BCUT2D eigenvalue weighted by Crippen LogP contribution is -2.56. The van der Waals surface area contributed by atoms with E-state index in [4.69, 9.17) is 0 Å². The zero-order chi connectivity index (χ0) is 91.8. The number of aryl methyl sites for hydroxylation is 4. The molecule has 0 fully saturated rings. The normalized spacial score (nSPS) is 16.7. The standard InChI is InChI=1S/C120H154N8/c1-17-33-49-81-83(51-35-19-3)91(59-43-27-11)101-69-97-79(65-99(101)89(81)57-41-25-9)67-103-111(115-109-95(63-47-31-15)87(55-39-23-7)85(53-37-21-5)93(61-45-29-13)107(109)113(103)117(71-121,72-122)119(115,75-125)76-126)105(97)106-98-70-102-92(60-44-28-12)84(52-36-20-4)82(50-34-18-2)90(58-42-26-10)100(102)66-80(98)68-104-112(106)116-110-96(64-48-32-16)88(56-40-24-8)86(54-38-22-6)94(62-46-30-14)108(110)114(104)118(73-123,74-124)120(116,77-127)78-128/h65-70,113-116H,17-64H2,1-16H3/t113-,114-,115-,116-/m0/s1. The SMILES string of the molecule is CCCCc1c(CCCC)c(CCCC)c2c(c1CCCC)[C@H]1c3c(cc4cc5c(CCCC)c(CCCC)c(CCCC)c(CCCC)c5cc4c3-c3c4c(cc5cc6c(CCCC)c(CCCC)c(CCCC)c(CCCC)c6cc35)[C@H]3c5c(CCCC)c(CCCC)c(CCCC)c(CCCC)c5[C@@H]4C(C#N)(C#N)C3(C#N)C#N)[C@@H]2C(C#N)(C#N)C1(C#N)C#N. The van der Waals surface area contributed by atoms with Crippen LogP contribution in [0.5, 0.6) is 0 Å². The largest absolute Gasteiger partial charge is 0.196 e. The van der Waals surface area contributed by atoms with Crippen LogP contribution >= 0.6 is 0 Å². The molecule has 0 aromatic heterocycles. The Bertz CT molecular complexity index is 5350. The molecule has 4 bridgehead atoms. The summed E-state index contributed by atoms with van der Waals surface area (Å²) >= 11 is 0. The van der Waals surface area contributed by atoms with Crippen molar-refractivity contribution in [2.24, 2.45) is 21.7 Å². The summed E-state index contributed by atoms with van der Waals surface area (Å²) < 4.78 is 0. The lowest BCUT2D eigenvalue weighted by Gasteiger charge is -2.57. The number of hydrogen-bond donors (Lipinski definition) is 0. The monoisotopic (exact) mass is 1710 g/mol. The fourth-order valence-corrected chi connectivity index (χ4v) is 25.3. The van der Waals surface area contributed by atoms with Crippen LogP contribution in [0.2, 0.25) is 0 Å². The summed E-state index contributed by atoms with van der Waals surface area (Å²) in [6.07, 6.45) is 44.8. The van der Waals surface area contributed by atoms with Gasteiger partial charge in [0.15, 0.2) is 21.7 Å². The molecule has 0 aliphatic heterocycles. The van der Waals surface area contributed by atoms with Gasteiger partial charge < -0.3 is 0 Å². The molecule has 6 aliphatic rings. The van der Waals surface area contributed by atoms with Gasteiger partial charge in [-0.05, 0) is 417 Å². The molecule has 0 amide bonds. The molecule has 0 unspecified atom stereocenters. The molecule has 8 nitrogen and oxygen atoms in total. The van der Waals surface area contributed by atoms with E-state index in [1.807, 2.05) is 0 Å². The molecular formula is C120H154N8. The van der Waals surface area contributed by atoms with Crippen molar-refractivity contribution < 1.29 is 0 Å². The Balaban J connectivity index is 1.55. The molecule has 128 heavy (non-hydrogen) atoms.